The molecule has 0 bridgehead atoms. The molecule has 4 aromatic rings. The first-order chi connectivity index (χ1) is 16.5. The maximum Gasteiger partial charge on any atom is 0.273 e. The van der Waals surface area contributed by atoms with E-state index >= 15 is 0 Å². The molecule has 6 rings (SSSR count). The minimum Gasteiger partial charge on any atom is -0.340 e. The van der Waals surface area contributed by atoms with Crippen molar-refractivity contribution in [1.29, 1.82) is 0 Å². The lowest BCUT2D eigenvalue weighted by Gasteiger charge is -2.22. The van der Waals surface area contributed by atoms with Crippen LogP contribution in [0.5, 0.6) is 0 Å². The number of aryl methyl sites for hydroxylation is 2. The minimum absolute atomic E-state index is 0.111. The molecule has 1 aromatic carbocycles. The van der Waals surface area contributed by atoms with E-state index in [0.717, 1.165) is 30.4 Å². The standard InChI is InChI=1S/C26H25FN6O/c1-16-11-17(2)29-26(28-16)32-14-18-12-31(13-19(18)15-32)25(34)24-23(20-7-3-4-8-21(20)27)30-22-9-5-6-10-33(22)24/h3-11,18-19H,12-15H2,1-2H3. The van der Waals surface area contributed by atoms with E-state index in [2.05, 4.69) is 19.9 Å². The van der Waals surface area contributed by atoms with Gasteiger partial charge in [0.2, 0.25) is 5.95 Å². The molecule has 3 aromatic heterocycles. The zero-order valence-corrected chi connectivity index (χ0v) is 19.1. The van der Waals surface area contributed by atoms with Crippen LogP contribution in [-0.4, -0.2) is 56.3 Å². The van der Waals surface area contributed by atoms with E-state index in [1.165, 1.54) is 6.07 Å². The average molecular weight is 457 g/mol. The topological polar surface area (TPSA) is 66.6 Å². The van der Waals surface area contributed by atoms with Gasteiger partial charge in [0.1, 0.15) is 22.9 Å². The van der Waals surface area contributed by atoms with Crippen LogP contribution in [0.15, 0.2) is 54.7 Å². The molecule has 5 heterocycles. The minimum atomic E-state index is -0.387. The second-order valence-electron chi connectivity index (χ2n) is 9.30. The smallest absolute Gasteiger partial charge is 0.273 e. The van der Waals surface area contributed by atoms with E-state index in [1.54, 1.807) is 22.6 Å². The summed E-state index contributed by atoms with van der Waals surface area (Å²) in [6.45, 7) is 6.93. The quantitative estimate of drug-likeness (QED) is 0.470. The van der Waals surface area contributed by atoms with Gasteiger partial charge in [-0.1, -0.05) is 18.2 Å². The van der Waals surface area contributed by atoms with E-state index < -0.39 is 0 Å². The first kappa shape index (κ1) is 20.8. The predicted molar refractivity (Wildman–Crippen MR) is 127 cm³/mol. The average Bonchev–Trinajstić information content (AvgIpc) is 3.50. The Labute approximate surface area is 196 Å². The van der Waals surface area contributed by atoms with Crippen LogP contribution >= 0.6 is 0 Å². The molecule has 8 heteroatoms. The second kappa shape index (κ2) is 7.90. The summed E-state index contributed by atoms with van der Waals surface area (Å²) in [5.41, 5.74) is 3.69. The van der Waals surface area contributed by atoms with Gasteiger partial charge in [0.05, 0.1) is 0 Å². The Kier molecular flexibility index (Phi) is 4.83. The lowest BCUT2D eigenvalue weighted by atomic mass is 10.0. The second-order valence-corrected chi connectivity index (χ2v) is 9.30. The summed E-state index contributed by atoms with van der Waals surface area (Å²) >= 11 is 0. The fourth-order valence-corrected chi connectivity index (χ4v) is 5.36. The van der Waals surface area contributed by atoms with Crippen molar-refractivity contribution in [2.45, 2.75) is 13.8 Å². The lowest BCUT2D eigenvalue weighted by Crippen LogP contribution is -2.34. The third-order valence-corrected chi connectivity index (χ3v) is 6.89. The summed E-state index contributed by atoms with van der Waals surface area (Å²) < 4.78 is 16.5. The number of rotatable bonds is 3. The van der Waals surface area contributed by atoms with Gasteiger partial charge in [-0.3, -0.25) is 9.20 Å². The van der Waals surface area contributed by atoms with E-state index in [9.17, 15) is 9.18 Å². The van der Waals surface area contributed by atoms with Crippen molar-refractivity contribution in [2.24, 2.45) is 11.8 Å². The lowest BCUT2D eigenvalue weighted by molar-refractivity contribution is 0.0776. The molecule has 0 saturated carbocycles. The number of halogens is 1. The molecule has 0 N–H and O–H groups in total. The highest BCUT2D eigenvalue weighted by Crippen LogP contribution is 2.35. The van der Waals surface area contributed by atoms with Crippen molar-refractivity contribution in [2.75, 3.05) is 31.1 Å². The summed E-state index contributed by atoms with van der Waals surface area (Å²) in [6, 6.07) is 14.0. The van der Waals surface area contributed by atoms with Crippen LogP contribution in [0.3, 0.4) is 0 Å². The van der Waals surface area contributed by atoms with Gasteiger partial charge in [-0.25, -0.2) is 19.3 Å². The molecule has 0 aliphatic carbocycles. The van der Waals surface area contributed by atoms with Crippen molar-refractivity contribution in [1.82, 2.24) is 24.3 Å². The van der Waals surface area contributed by atoms with Crippen LogP contribution in [0.4, 0.5) is 10.3 Å². The molecular formula is C26H25FN6O. The number of likely N-dealkylation sites (tertiary alicyclic amines) is 1. The molecule has 2 aliphatic heterocycles. The number of pyridine rings is 1. The number of carbonyl (C=O) groups is 1. The molecule has 7 nitrogen and oxygen atoms in total. The highest BCUT2D eigenvalue weighted by atomic mass is 19.1. The number of amides is 1. The molecule has 2 atom stereocenters. The van der Waals surface area contributed by atoms with Crippen LogP contribution in [-0.2, 0) is 0 Å². The summed E-state index contributed by atoms with van der Waals surface area (Å²) in [5.74, 6) is 0.977. The van der Waals surface area contributed by atoms with E-state index in [0.29, 0.717) is 47.5 Å². The highest BCUT2D eigenvalue weighted by Gasteiger charge is 2.43. The Morgan fingerprint density at radius 3 is 2.29 bits per heavy atom. The molecule has 0 radical (unpaired) electrons. The first-order valence-corrected chi connectivity index (χ1v) is 11.6. The van der Waals surface area contributed by atoms with Crippen molar-refractivity contribution < 1.29 is 9.18 Å². The largest absolute Gasteiger partial charge is 0.340 e. The molecule has 172 valence electrons. The maximum atomic E-state index is 14.7. The number of nitrogens with zero attached hydrogens (tertiary/aromatic N) is 6. The fraction of sp³-hybridized carbons (Fsp3) is 0.308. The van der Waals surface area contributed by atoms with Gasteiger partial charge in [-0.15, -0.1) is 0 Å². The number of fused-ring (bicyclic) bond motifs is 2. The normalized spacial score (nSPS) is 19.7. The van der Waals surface area contributed by atoms with Crippen LogP contribution in [0.1, 0.15) is 21.9 Å². The van der Waals surface area contributed by atoms with Crippen LogP contribution < -0.4 is 4.90 Å². The van der Waals surface area contributed by atoms with Gasteiger partial charge in [-0.05, 0) is 44.2 Å². The summed E-state index contributed by atoms with van der Waals surface area (Å²) in [4.78, 5) is 31.8. The van der Waals surface area contributed by atoms with Crippen LogP contribution in [0, 0.1) is 31.5 Å². The monoisotopic (exact) mass is 456 g/mol. The molecule has 1 amide bonds. The van der Waals surface area contributed by atoms with Crippen molar-refractivity contribution >= 4 is 17.5 Å². The molecule has 2 aliphatic rings. The number of anilines is 1. The molecular weight excluding hydrogens is 431 g/mol. The molecule has 2 fully saturated rings. The van der Waals surface area contributed by atoms with Gasteiger partial charge in [0.25, 0.3) is 5.91 Å². The molecule has 0 spiro atoms. The molecule has 2 unspecified atom stereocenters. The molecule has 2 saturated heterocycles. The third-order valence-electron chi connectivity index (χ3n) is 6.89. The SMILES string of the molecule is Cc1cc(C)nc(N2CC3CN(C(=O)c4c(-c5ccccc5F)nc5ccccn45)CC3C2)n1. The van der Waals surface area contributed by atoms with Gasteiger partial charge in [0, 0.05) is 61.2 Å². The summed E-state index contributed by atoms with van der Waals surface area (Å²) in [5, 5.41) is 0. The van der Waals surface area contributed by atoms with Crippen molar-refractivity contribution in [3.63, 3.8) is 0 Å². The number of hydrogen-bond acceptors (Lipinski definition) is 5. The van der Waals surface area contributed by atoms with Gasteiger partial charge < -0.3 is 9.80 Å². The van der Waals surface area contributed by atoms with E-state index in [-0.39, 0.29) is 11.7 Å². The maximum absolute atomic E-state index is 14.7. The Hall–Kier alpha value is -3.81. The molecule has 34 heavy (non-hydrogen) atoms. The Bertz CT molecular complexity index is 1380. The number of carbonyl (C=O) groups excluding carboxylic acids is 1. The van der Waals surface area contributed by atoms with E-state index in [1.807, 2.05) is 49.2 Å². The summed E-state index contributed by atoms with van der Waals surface area (Å²) in [6.07, 6.45) is 1.82. The first-order valence-electron chi connectivity index (χ1n) is 11.6. The Morgan fingerprint density at radius 2 is 1.59 bits per heavy atom. The predicted octanol–water partition coefficient (Wildman–Crippen LogP) is 3.76. The zero-order valence-electron chi connectivity index (χ0n) is 19.1. The van der Waals surface area contributed by atoms with Crippen LogP contribution in [0.25, 0.3) is 16.9 Å². The number of benzene rings is 1. The van der Waals surface area contributed by atoms with Gasteiger partial charge >= 0.3 is 0 Å². The third kappa shape index (κ3) is 3.41. The van der Waals surface area contributed by atoms with Crippen molar-refractivity contribution in [3.8, 4) is 11.3 Å². The summed E-state index contributed by atoms with van der Waals surface area (Å²) in [7, 11) is 0. The Morgan fingerprint density at radius 1 is 0.912 bits per heavy atom. The Balaban J connectivity index is 1.29. The fourth-order valence-electron chi connectivity index (χ4n) is 5.36. The highest BCUT2D eigenvalue weighted by molar-refractivity contribution is 6.00. The number of hydrogen-bond donors (Lipinski definition) is 0. The van der Waals surface area contributed by atoms with E-state index in [4.69, 9.17) is 0 Å². The van der Waals surface area contributed by atoms with Gasteiger partial charge in [0.15, 0.2) is 0 Å². The number of aromatic nitrogens is 4. The number of imidazole rings is 1. The van der Waals surface area contributed by atoms with Crippen LogP contribution in [0.2, 0.25) is 0 Å². The zero-order chi connectivity index (χ0) is 23.4. The van der Waals surface area contributed by atoms with Crippen molar-refractivity contribution in [3.05, 3.63) is 77.6 Å². The van der Waals surface area contributed by atoms with Gasteiger partial charge in [-0.2, -0.15) is 0 Å².